The van der Waals surface area contributed by atoms with Gasteiger partial charge in [0.15, 0.2) is 0 Å². The lowest BCUT2D eigenvalue weighted by Gasteiger charge is -2.23. The van der Waals surface area contributed by atoms with Gasteiger partial charge in [0.05, 0.1) is 16.7 Å². The van der Waals surface area contributed by atoms with E-state index in [1.54, 1.807) is 11.1 Å². The van der Waals surface area contributed by atoms with Gasteiger partial charge < -0.3 is 10.3 Å². The number of hydrogen-bond acceptors (Lipinski definition) is 3. The van der Waals surface area contributed by atoms with Gasteiger partial charge in [0.25, 0.3) is 0 Å². The second-order valence-electron chi connectivity index (χ2n) is 20.8. The minimum Gasteiger partial charge on any atom is -0.395 e. The Bertz CT molecular complexity index is 2830. The van der Waals surface area contributed by atoms with Crippen LogP contribution in [0.4, 0.5) is 5.69 Å². The zero-order chi connectivity index (χ0) is 48.2. The first-order chi connectivity index (χ1) is 34.5. The second-order valence-corrected chi connectivity index (χ2v) is 20.8. The van der Waals surface area contributed by atoms with Crippen LogP contribution in [0.3, 0.4) is 0 Å². The molecule has 0 atom stereocenters. The first-order valence-electron chi connectivity index (χ1n) is 27.5. The van der Waals surface area contributed by atoms with E-state index < -0.39 is 0 Å². The molecule has 2 heterocycles. The van der Waals surface area contributed by atoms with E-state index in [9.17, 15) is 0 Å². The molecule has 0 amide bonds. The van der Waals surface area contributed by atoms with E-state index >= 15 is 0 Å². The Morgan fingerprint density at radius 3 is 1.64 bits per heavy atom. The molecule has 0 spiro atoms. The Hall–Kier alpha value is -6.00. The quantitative estimate of drug-likeness (QED) is 0.111. The molecule has 10 rings (SSSR count). The molecule has 4 nitrogen and oxygen atoms in total. The molecular weight excluding hydrogens is 849 g/mol. The van der Waals surface area contributed by atoms with Crippen molar-refractivity contribution in [3.8, 4) is 28.1 Å². The summed E-state index contributed by atoms with van der Waals surface area (Å²) >= 11 is 0. The van der Waals surface area contributed by atoms with E-state index in [4.69, 9.17) is 15.9 Å². The molecule has 3 aliphatic carbocycles. The third-order valence-electron chi connectivity index (χ3n) is 16.1. The molecule has 0 unspecified atom stereocenters. The number of benzene rings is 5. The summed E-state index contributed by atoms with van der Waals surface area (Å²) in [5, 5.41) is 12.1. The highest BCUT2D eigenvalue weighted by Gasteiger charge is 2.26. The Morgan fingerprint density at radius 2 is 1.11 bits per heavy atom. The summed E-state index contributed by atoms with van der Waals surface area (Å²) in [5.74, 6) is 2.76. The molecule has 7 aromatic rings. The van der Waals surface area contributed by atoms with Crippen LogP contribution in [0.1, 0.15) is 194 Å². The third-order valence-corrected chi connectivity index (χ3v) is 16.1. The van der Waals surface area contributed by atoms with Crippen LogP contribution in [0.15, 0.2) is 146 Å². The molecule has 2 aromatic heterocycles. The van der Waals surface area contributed by atoms with E-state index in [1.165, 1.54) is 155 Å². The van der Waals surface area contributed by atoms with E-state index in [0.717, 1.165) is 45.4 Å². The van der Waals surface area contributed by atoms with E-state index in [-0.39, 0.29) is 0 Å². The van der Waals surface area contributed by atoms with E-state index in [1.807, 2.05) is 61.6 Å². The molecule has 3 fully saturated rings. The number of aromatic nitrogens is 3. The molecule has 0 radical (unpaired) electrons. The third kappa shape index (κ3) is 11.0. The first-order valence-corrected chi connectivity index (χ1v) is 27.5. The summed E-state index contributed by atoms with van der Waals surface area (Å²) in [7, 11) is 0. The van der Waals surface area contributed by atoms with Crippen LogP contribution in [-0.2, 0) is 0 Å². The molecule has 0 aliphatic heterocycles. The fourth-order valence-corrected chi connectivity index (χ4v) is 12.3. The lowest BCUT2D eigenvalue weighted by atomic mass is 9.82. The van der Waals surface area contributed by atoms with Gasteiger partial charge in [-0.05, 0) is 140 Å². The summed E-state index contributed by atoms with van der Waals surface area (Å²) in [6.07, 6.45) is 33.2. The highest BCUT2D eigenvalue weighted by Crippen LogP contribution is 2.44. The highest BCUT2D eigenvalue weighted by molar-refractivity contribution is 6.11. The number of nitrogens with zero attached hydrogens (tertiary/aromatic N) is 3. The Balaban J connectivity index is 0.000000212. The van der Waals surface area contributed by atoms with Crippen molar-refractivity contribution in [2.75, 3.05) is 5.73 Å². The Morgan fingerprint density at radius 1 is 0.600 bits per heavy atom. The summed E-state index contributed by atoms with van der Waals surface area (Å²) in [4.78, 5) is 0. The summed E-state index contributed by atoms with van der Waals surface area (Å²) in [6, 6.07) is 43.2. The maximum atomic E-state index is 7.21. The molecule has 2 N–H and O–H groups in total. The van der Waals surface area contributed by atoms with Crippen LogP contribution in [0.5, 0.6) is 0 Å². The summed E-state index contributed by atoms with van der Waals surface area (Å²) in [5.41, 5.74) is 23.0. The smallest absolute Gasteiger partial charge is 0.119 e. The van der Waals surface area contributed by atoms with Gasteiger partial charge >= 0.3 is 0 Å². The molecule has 3 saturated carbocycles. The number of allylic oxidation sites excluding steroid dienone is 5. The lowest BCUT2D eigenvalue weighted by molar-refractivity contribution is 0.443. The van der Waals surface area contributed by atoms with Gasteiger partial charge in [-0.25, -0.2) is 0 Å². The zero-order valence-electron chi connectivity index (χ0n) is 42.6. The fourth-order valence-electron chi connectivity index (χ4n) is 12.3. The number of nitrogens with two attached hydrogens (primary N) is 1. The molecule has 3 aliphatic rings. The van der Waals surface area contributed by atoms with E-state index in [2.05, 4.69) is 110 Å². The minimum atomic E-state index is 0.559. The molecule has 70 heavy (non-hydrogen) atoms. The van der Waals surface area contributed by atoms with Gasteiger partial charge in [0, 0.05) is 21.9 Å². The lowest BCUT2D eigenvalue weighted by Crippen LogP contribution is -2.10. The van der Waals surface area contributed by atoms with Gasteiger partial charge in [0.1, 0.15) is 17.1 Å². The number of anilines is 1. The standard InChI is InChI=1S/C42H48N4.C24H30/c1-5-9-18-29(8-4)41-42(39(43)40(44-45-41)32-21-14-11-15-22-32)46-37-25-23-33(30(16-6-2)17-7-3)27-35(37)36-28-34(24-26-38(36)46)31-19-12-10-13-20-31;1-3-9-19(10-4-1)21-13-7-15-23(17-21)24-16-8-14-22(18-24)20-11-5-2-6-12-20/h5,8-9,11,14-15,18,21-28,30-31H,4,6-7,10,12-13,16-17,19-20H2,1-3H3,(H2,43,45);7-8,13-20H,1-6,9-12H2/b9-5-,29-18+;. The fraction of sp³-hybridized carbons (Fsp3) is 0.394. The van der Waals surface area contributed by atoms with Crippen molar-refractivity contribution in [3.05, 3.63) is 174 Å². The van der Waals surface area contributed by atoms with E-state index in [0.29, 0.717) is 23.2 Å². The number of fused-ring (bicyclic) bond motifs is 3. The van der Waals surface area contributed by atoms with Crippen LogP contribution >= 0.6 is 0 Å². The van der Waals surface area contributed by atoms with Gasteiger partial charge in [-0.2, -0.15) is 0 Å². The van der Waals surface area contributed by atoms with Crippen molar-refractivity contribution in [1.82, 2.24) is 14.8 Å². The van der Waals surface area contributed by atoms with Crippen LogP contribution in [-0.4, -0.2) is 14.8 Å². The monoisotopic (exact) mass is 927 g/mol. The largest absolute Gasteiger partial charge is 0.395 e. The maximum absolute atomic E-state index is 7.21. The van der Waals surface area contributed by atoms with Crippen LogP contribution in [0.25, 0.3) is 55.5 Å². The maximum Gasteiger partial charge on any atom is 0.119 e. The van der Waals surface area contributed by atoms with Crippen molar-refractivity contribution in [1.29, 1.82) is 0 Å². The number of nitrogen functional groups attached to an aromatic ring is 1. The summed E-state index contributed by atoms with van der Waals surface area (Å²) in [6.45, 7) is 10.8. The van der Waals surface area contributed by atoms with Gasteiger partial charge in [0.2, 0.25) is 0 Å². The predicted molar refractivity (Wildman–Crippen MR) is 301 cm³/mol. The first kappa shape index (κ1) is 49.0. The van der Waals surface area contributed by atoms with Crippen molar-refractivity contribution in [2.24, 2.45) is 0 Å². The number of rotatable bonds is 14. The van der Waals surface area contributed by atoms with Gasteiger partial charge in [-0.15, -0.1) is 10.2 Å². The average Bonchev–Trinajstić information content (AvgIpc) is 3.74. The van der Waals surface area contributed by atoms with Crippen molar-refractivity contribution in [2.45, 2.75) is 166 Å². The van der Waals surface area contributed by atoms with Crippen molar-refractivity contribution in [3.63, 3.8) is 0 Å². The van der Waals surface area contributed by atoms with Gasteiger partial charge in [-0.3, -0.25) is 0 Å². The van der Waals surface area contributed by atoms with Crippen LogP contribution in [0, 0.1) is 0 Å². The average molecular weight is 927 g/mol. The van der Waals surface area contributed by atoms with Crippen LogP contribution < -0.4 is 5.73 Å². The molecule has 0 saturated heterocycles. The molecular formula is C66H78N4. The predicted octanol–water partition coefficient (Wildman–Crippen LogP) is 19.1. The van der Waals surface area contributed by atoms with Crippen molar-refractivity contribution < 1.29 is 0 Å². The van der Waals surface area contributed by atoms with Gasteiger partial charge in [-0.1, -0.05) is 206 Å². The Kier molecular flexibility index (Phi) is 16.6. The zero-order valence-corrected chi connectivity index (χ0v) is 42.6. The minimum absolute atomic E-state index is 0.559. The molecule has 0 bridgehead atoms. The van der Waals surface area contributed by atoms with Crippen LogP contribution in [0.2, 0.25) is 0 Å². The summed E-state index contributed by atoms with van der Waals surface area (Å²) < 4.78 is 2.34. The SMILES string of the molecule is C=C/C(=C\C=C/C)c1nnc(-c2ccccc2)c(N)c1-n1c2ccc(C(CCC)CCC)cc2c2cc(C3CCCCC3)ccc21.c1cc(-c2cccc(C3CCCCC3)c2)cc(C2CCCCC2)c1. The molecule has 5 aromatic carbocycles. The van der Waals surface area contributed by atoms with Crippen molar-refractivity contribution >= 4 is 33.1 Å². The molecule has 362 valence electrons. The molecule has 4 heteroatoms. The topological polar surface area (TPSA) is 56.7 Å². The Labute approximate surface area is 420 Å². The highest BCUT2D eigenvalue weighted by atomic mass is 15.1. The second kappa shape index (κ2) is 23.7. The number of hydrogen-bond donors (Lipinski definition) is 1. The normalized spacial score (nSPS) is 16.5.